The summed E-state index contributed by atoms with van der Waals surface area (Å²) in [6, 6.07) is 0. The third-order valence-electron chi connectivity index (χ3n) is 3.35. The van der Waals surface area contributed by atoms with Crippen molar-refractivity contribution in [3.8, 4) is 0 Å². The summed E-state index contributed by atoms with van der Waals surface area (Å²) in [6.45, 7) is 11.8. The Balaban J connectivity index is 2.43. The van der Waals surface area contributed by atoms with Gasteiger partial charge in [0.15, 0.2) is 5.82 Å². The Morgan fingerprint density at radius 2 is 1.95 bits per heavy atom. The Kier molecular flexibility index (Phi) is 7.03. The molecule has 0 aliphatic carbocycles. The predicted octanol–water partition coefficient (Wildman–Crippen LogP) is 3.65. The lowest BCUT2D eigenvalue weighted by molar-refractivity contribution is 0.313. The summed E-state index contributed by atoms with van der Waals surface area (Å²) in [7, 11) is 0. The van der Waals surface area contributed by atoms with Crippen molar-refractivity contribution in [1.82, 2.24) is 10.1 Å². The highest BCUT2D eigenvalue weighted by Crippen LogP contribution is 2.26. The predicted molar refractivity (Wildman–Crippen MR) is 85.7 cm³/mol. The number of hydrogen-bond acceptors (Lipinski definition) is 5. The van der Waals surface area contributed by atoms with E-state index in [0.717, 1.165) is 43.3 Å². The lowest BCUT2D eigenvalue weighted by Gasteiger charge is -2.18. The zero-order valence-corrected chi connectivity index (χ0v) is 14.3. The molecule has 1 aromatic heterocycles. The molecule has 1 rings (SSSR count). The van der Waals surface area contributed by atoms with E-state index in [1.54, 1.807) is 0 Å². The second-order valence-electron chi connectivity index (χ2n) is 6.63. The van der Waals surface area contributed by atoms with Gasteiger partial charge >= 0.3 is 0 Å². The van der Waals surface area contributed by atoms with Crippen molar-refractivity contribution in [2.24, 2.45) is 17.6 Å². The largest absolute Gasteiger partial charge is 0.339 e. The van der Waals surface area contributed by atoms with Gasteiger partial charge in [-0.25, -0.2) is 0 Å². The minimum absolute atomic E-state index is 0.227. The zero-order chi connectivity index (χ0) is 15.2. The Hall–Kier alpha value is -0.550. The molecule has 1 aromatic rings. The number of nitrogens with zero attached hydrogens (tertiary/aromatic N) is 2. The van der Waals surface area contributed by atoms with E-state index in [0.29, 0.717) is 11.8 Å². The number of aromatic nitrogens is 2. The second kappa shape index (κ2) is 8.03. The van der Waals surface area contributed by atoms with E-state index in [9.17, 15) is 0 Å². The molecule has 0 saturated heterocycles. The van der Waals surface area contributed by atoms with Crippen LogP contribution >= 0.6 is 11.8 Å². The van der Waals surface area contributed by atoms with Gasteiger partial charge in [-0.05, 0) is 31.2 Å². The van der Waals surface area contributed by atoms with Crippen LogP contribution in [0, 0.1) is 11.8 Å². The molecule has 0 aliphatic rings. The van der Waals surface area contributed by atoms with Gasteiger partial charge < -0.3 is 10.3 Å². The van der Waals surface area contributed by atoms with E-state index < -0.39 is 0 Å². The van der Waals surface area contributed by atoms with Crippen LogP contribution in [0.15, 0.2) is 4.52 Å². The van der Waals surface area contributed by atoms with Crippen molar-refractivity contribution in [3.05, 3.63) is 11.7 Å². The molecule has 1 heterocycles. The summed E-state index contributed by atoms with van der Waals surface area (Å²) >= 11 is 1.84. The van der Waals surface area contributed by atoms with Gasteiger partial charge in [0.05, 0.1) is 5.75 Å². The quantitative estimate of drug-likeness (QED) is 0.793. The lowest BCUT2D eigenvalue weighted by Crippen LogP contribution is -2.15. The van der Waals surface area contributed by atoms with E-state index >= 15 is 0 Å². The van der Waals surface area contributed by atoms with Gasteiger partial charge in [-0.15, -0.1) is 11.8 Å². The van der Waals surface area contributed by atoms with Crippen LogP contribution in [0.2, 0.25) is 0 Å². The highest BCUT2D eigenvalue weighted by molar-refractivity contribution is 7.99. The van der Waals surface area contributed by atoms with Gasteiger partial charge in [-0.2, -0.15) is 4.98 Å². The van der Waals surface area contributed by atoms with Gasteiger partial charge in [0.25, 0.3) is 0 Å². The molecule has 116 valence electrons. The van der Waals surface area contributed by atoms with Crippen LogP contribution in [0.3, 0.4) is 0 Å². The van der Waals surface area contributed by atoms with Gasteiger partial charge in [-0.3, -0.25) is 0 Å². The molecule has 0 radical (unpaired) electrons. The van der Waals surface area contributed by atoms with Crippen molar-refractivity contribution in [2.45, 2.75) is 64.4 Å². The fraction of sp³-hybridized carbons (Fsp3) is 0.867. The van der Waals surface area contributed by atoms with Gasteiger partial charge in [-0.1, -0.05) is 39.8 Å². The fourth-order valence-electron chi connectivity index (χ4n) is 2.07. The number of hydrogen-bond donors (Lipinski definition) is 1. The maximum absolute atomic E-state index is 5.67. The summed E-state index contributed by atoms with van der Waals surface area (Å²) < 4.78 is 5.56. The minimum atomic E-state index is 0.227. The molecule has 0 aromatic carbocycles. The summed E-state index contributed by atoms with van der Waals surface area (Å²) in [6.07, 6.45) is 3.00. The molecule has 0 aliphatic heterocycles. The maximum Gasteiger partial charge on any atom is 0.226 e. The van der Waals surface area contributed by atoms with Crippen molar-refractivity contribution in [2.75, 3.05) is 6.54 Å². The topological polar surface area (TPSA) is 64.9 Å². The Labute approximate surface area is 127 Å². The van der Waals surface area contributed by atoms with E-state index in [-0.39, 0.29) is 4.75 Å². The van der Waals surface area contributed by atoms with Gasteiger partial charge in [0, 0.05) is 11.2 Å². The van der Waals surface area contributed by atoms with Gasteiger partial charge in [0.2, 0.25) is 5.89 Å². The highest BCUT2D eigenvalue weighted by atomic mass is 32.2. The standard InChI is InChI=1S/C15H29N3OS/c1-11(2)12(8-9-16)6-7-14-17-13(18-19-14)10-20-15(3,4)5/h11-12H,6-10,16H2,1-5H3. The number of thioether (sulfide) groups is 1. The zero-order valence-electron chi connectivity index (χ0n) is 13.5. The molecule has 0 amide bonds. The van der Waals surface area contributed by atoms with Crippen molar-refractivity contribution >= 4 is 11.8 Å². The molecule has 1 unspecified atom stereocenters. The van der Waals surface area contributed by atoms with Crippen LogP contribution in [-0.4, -0.2) is 21.4 Å². The smallest absolute Gasteiger partial charge is 0.226 e. The van der Waals surface area contributed by atoms with Crippen molar-refractivity contribution in [1.29, 1.82) is 0 Å². The second-order valence-corrected chi connectivity index (χ2v) is 8.43. The van der Waals surface area contributed by atoms with Gasteiger partial charge in [0.1, 0.15) is 0 Å². The summed E-state index contributed by atoms with van der Waals surface area (Å²) in [5.74, 6) is 3.66. The Bertz CT molecular complexity index is 385. The number of nitrogens with two attached hydrogens (primary N) is 1. The van der Waals surface area contributed by atoms with Crippen LogP contribution in [-0.2, 0) is 12.2 Å². The highest BCUT2D eigenvalue weighted by Gasteiger charge is 2.16. The molecule has 4 nitrogen and oxygen atoms in total. The molecule has 0 spiro atoms. The summed E-state index contributed by atoms with van der Waals surface area (Å²) in [5.41, 5.74) is 5.67. The summed E-state index contributed by atoms with van der Waals surface area (Å²) in [5, 5.41) is 4.06. The fourth-order valence-corrected chi connectivity index (χ4v) is 2.74. The Morgan fingerprint density at radius 3 is 2.50 bits per heavy atom. The lowest BCUT2D eigenvalue weighted by atomic mass is 9.88. The molecule has 5 heteroatoms. The van der Waals surface area contributed by atoms with Crippen LogP contribution in [0.5, 0.6) is 0 Å². The SMILES string of the molecule is CC(C)C(CCN)CCc1nc(CSC(C)(C)C)no1. The average molecular weight is 299 g/mol. The molecule has 2 N–H and O–H groups in total. The first-order chi connectivity index (χ1) is 9.31. The maximum atomic E-state index is 5.67. The first kappa shape index (κ1) is 17.5. The molecule has 0 fully saturated rings. The molecule has 0 bridgehead atoms. The monoisotopic (exact) mass is 299 g/mol. The van der Waals surface area contributed by atoms with Crippen LogP contribution in [0.4, 0.5) is 0 Å². The van der Waals surface area contributed by atoms with Crippen molar-refractivity contribution in [3.63, 3.8) is 0 Å². The first-order valence-corrected chi connectivity index (χ1v) is 8.46. The number of aryl methyl sites for hydroxylation is 1. The van der Waals surface area contributed by atoms with E-state index in [1.807, 2.05) is 11.8 Å². The third kappa shape index (κ3) is 6.75. The van der Waals surface area contributed by atoms with E-state index in [1.165, 1.54) is 0 Å². The molecular weight excluding hydrogens is 270 g/mol. The van der Waals surface area contributed by atoms with E-state index in [2.05, 4.69) is 44.8 Å². The van der Waals surface area contributed by atoms with Crippen LogP contribution < -0.4 is 5.73 Å². The minimum Gasteiger partial charge on any atom is -0.339 e. The molecule has 1 atom stereocenters. The molecule has 0 saturated carbocycles. The average Bonchev–Trinajstić information content (AvgIpc) is 2.78. The van der Waals surface area contributed by atoms with Crippen molar-refractivity contribution < 1.29 is 4.52 Å². The summed E-state index contributed by atoms with van der Waals surface area (Å²) in [4.78, 5) is 4.47. The normalized spacial score (nSPS) is 13.9. The van der Waals surface area contributed by atoms with Crippen LogP contribution in [0.1, 0.15) is 59.2 Å². The molecule has 20 heavy (non-hydrogen) atoms. The Morgan fingerprint density at radius 1 is 1.25 bits per heavy atom. The third-order valence-corrected chi connectivity index (χ3v) is 4.62. The van der Waals surface area contributed by atoms with Crippen LogP contribution in [0.25, 0.3) is 0 Å². The number of rotatable bonds is 8. The molecular formula is C15H29N3OS. The van der Waals surface area contributed by atoms with E-state index in [4.69, 9.17) is 10.3 Å². The first-order valence-electron chi connectivity index (χ1n) is 7.47.